The zero-order valence-electron chi connectivity index (χ0n) is 14.3. The van der Waals surface area contributed by atoms with Gasteiger partial charge in [-0.2, -0.15) is 0 Å². The fourth-order valence-electron chi connectivity index (χ4n) is 1.40. The highest BCUT2D eigenvalue weighted by Gasteiger charge is 2.03. The Hall–Kier alpha value is -2.19. The first-order chi connectivity index (χ1) is 11.2. The molecule has 0 saturated heterocycles. The molecule has 0 saturated carbocycles. The molecule has 122 valence electrons. The fraction of sp³-hybridized carbons (Fsp3) is 0.200. The molecule has 1 aromatic carbocycles. The van der Waals surface area contributed by atoms with Gasteiger partial charge in [0.25, 0.3) is 0 Å². The minimum atomic E-state index is 0.433. The van der Waals surface area contributed by atoms with Crippen LogP contribution >= 0.6 is 11.6 Å². The van der Waals surface area contributed by atoms with Gasteiger partial charge in [0.2, 0.25) is 0 Å². The Morgan fingerprint density at radius 2 is 1.61 bits per heavy atom. The van der Waals surface area contributed by atoms with E-state index in [1.165, 1.54) is 0 Å². The van der Waals surface area contributed by atoms with Crippen LogP contribution in [0.15, 0.2) is 67.3 Å². The largest absolute Gasteiger partial charge is 0.229 e. The topological polar surface area (TPSA) is 25.8 Å². The van der Waals surface area contributed by atoms with Gasteiger partial charge in [-0.15, -0.1) is 0 Å². The number of nitrogens with zero attached hydrogens (tertiary/aromatic N) is 2. The molecule has 0 fully saturated rings. The van der Waals surface area contributed by atoms with Crippen LogP contribution in [0.4, 0.5) is 0 Å². The number of allylic oxidation sites excluding steroid dienone is 4. The van der Waals surface area contributed by atoms with Gasteiger partial charge in [-0.05, 0) is 19.9 Å². The smallest absolute Gasteiger partial charge is 0.161 e. The van der Waals surface area contributed by atoms with Crippen molar-refractivity contribution in [1.82, 2.24) is 9.97 Å². The zero-order valence-corrected chi connectivity index (χ0v) is 15.1. The Morgan fingerprint density at radius 3 is 2.13 bits per heavy atom. The third kappa shape index (κ3) is 8.74. The number of hydrogen-bond donors (Lipinski definition) is 0. The third-order valence-corrected chi connectivity index (χ3v) is 2.68. The molecule has 0 amide bonds. The molecule has 1 heterocycles. The molecular formula is C20H25ClN2. The van der Waals surface area contributed by atoms with Crippen LogP contribution in [0.5, 0.6) is 0 Å². The van der Waals surface area contributed by atoms with E-state index in [1.807, 2.05) is 82.3 Å². The lowest BCUT2D eigenvalue weighted by Gasteiger charge is -2.02. The minimum Gasteiger partial charge on any atom is -0.229 e. The molecule has 2 aromatic rings. The molecule has 0 radical (unpaired) electrons. The number of rotatable bonds is 3. The normalized spacial score (nSPS) is 9.78. The van der Waals surface area contributed by atoms with Crippen LogP contribution in [0.25, 0.3) is 17.5 Å². The van der Waals surface area contributed by atoms with Crippen molar-refractivity contribution in [1.29, 1.82) is 0 Å². The molecule has 0 N–H and O–H groups in total. The van der Waals surface area contributed by atoms with Gasteiger partial charge < -0.3 is 0 Å². The summed E-state index contributed by atoms with van der Waals surface area (Å²) in [6, 6.07) is 11.5. The van der Waals surface area contributed by atoms with Crippen molar-refractivity contribution in [3.63, 3.8) is 0 Å². The first kappa shape index (κ1) is 20.8. The predicted octanol–water partition coefficient (Wildman–Crippen LogP) is 6.60. The molecule has 0 spiro atoms. The van der Waals surface area contributed by atoms with Gasteiger partial charge in [0.05, 0.1) is 5.69 Å². The fourth-order valence-corrected chi connectivity index (χ4v) is 1.60. The molecule has 0 atom stereocenters. The van der Waals surface area contributed by atoms with Crippen LogP contribution in [-0.2, 0) is 0 Å². The predicted molar refractivity (Wildman–Crippen MR) is 104 cm³/mol. The van der Waals surface area contributed by atoms with E-state index in [4.69, 9.17) is 11.6 Å². The van der Waals surface area contributed by atoms with Gasteiger partial charge in [-0.25, -0.2) is 9.97 Å². The average molecular weight is 329 g/mol. The molecule has 23 heavy (non-hydrogen) atoms. The lowest BCUT2D eigenvalue weighted by molar-refractivity contribution is 1.16. The molecule has 0 bridgehead atoms. The Bertz CT molecular complexity index is 613. The second kappa shape index (κ2) is 13.5. The maximum absolute atomic E-state index is 5.97. The van der Waals surface area contributed by atoms with Crippen molar-refractivity contribution >= 4 is 17.7 Å². The molecular weight excluding hydrogens is 304 g/mol. The molecule has 2 nitrogen and oxygen atoms in total. The standard InChI is InChI=1S/C14H11ClN2.C4H8.C2H6/c1-2-3-9-12-10-13(15)17-14(16-12)11-7-5-4-6-8-11;1-3-4-2;1-2/h2-10H,1H2;3-4H,1-2H3;1-2H3/b9-3+;4-3-;. The highest BCUT2D eigenvalue weighted by molar-refractivity contribution is 6.29. The quantitative estimate of drug-likeness (QED) is 0.360. The zero-order chi connectivity index (χ0) is 17.5. The van der Waals surface area contributed by atoms with Gasteiger partial charge >= 0.3 is 0 Å². The lowest BCUT2D eigenvalue weighted by atomic mass is 10.2. The summed E-state index contributed by atoms with van der Waals surface area (Å²) >= 11 is 5.97. The Labute approximate surface area is 145 Å². The molecule has 0 aliphatic carbocycles. The van der Waals surface area contributed by atoms with Crippen molar-refractivity contribution in [2.75, 3.05) is 0 Å². The number of halogens is 1. The van der Waals surface area contributed by atoms with Crippen LogP contribution in [0, 0.1) is 0 Å². The maximum Gasteiger partial charge on any atom is 0.161 e. The van der Waals surface area contributed by atoms with Crippen LogP contribution in [0.3, 0.4) is 0 Å². The van der Waals surface area contributed by atoms with E-state index in [0.717, 1.165) is 11.3 Å². The first-order valence-electron chi connectivity index (χ1n) is 7.67. The Kier molecular flexibility index (Phi) is 12.2. The van der Waals surface area contributed by atoms with Crippen molar-refractivity contribution in [3.8, 4) is 11.4 Å². The van der Waals surface area contributed by atoms with E-state index in [0.29, 0.717) is 11.0 Å². The van der Waals surface area contributed by atoms with Crippen LogP contribution < -0.4 is 0 Å². The van der Waals surface area contributed by atoms with Crippen LogP contribution in [-0.4, -0.2) is 9.97 Å². The maximum atomic E-state index is 5.97. The van der Waals surface area contributed by atoms with Gasteiger partial charge in [-0.3, -0.25) is 0 Å². The summed E-state index contributed by atoms with van der Waals surface area (Å²) in [5, 5.41) is 0.433. The average Bonchev–Trinajstić information content (AvgIpc) is 2.62. The van der Waals surface area contributed by atoms with Gasteiger partial charge in [0, 0.05) is 11.6 Å². The van der Waals surface area contributed by atoms with E-state index in [2.05, 4.69) is 16.5 Å². The second-order valence-electron chi connectivity index (χ2n) is 4.07. The van der Waals surface area contributed by atoms with Crippen LogP contribution in [0.1, 0.15) is 33.4 Å². The van der Waals surface area contributed by atoms with Gasteiger partial charge in [0.15, 0.2) is 5.82 Å². The summed E-state index contributed by atoms with van der Waals surface area (Å²) in [5.74, 6) is 0.627. The number of benzene rings is 1. The summed E-state index contributed by atoms with van der Waals surface area (Å²) in [5.41, 5.74) is 1.71. The summed E-state index contributed by atoms with van der Waals surface area (Å²) in [6.45, 7) is 11.6. The molecule has 0 aliphatic heterocycles. The number of aromatic nitrogens is 2. The summed E-state index contributed by atoms with van der Waals surface area (Å²) in [4.78, 5) is 8.62. The van der Waals surface area contributed by atoms with E-state index in [-0.39, 0.29) is 0 Å². The molecule has 3 heteroatoms. The minimum absolute atomic E-state index is 0.433. The van der Waals surface area contributed by atoms with Crippen molar-refractivity contribution < 1.29 is 0 Å². The second-order valence-corrected chi connectivity index (χ2v) is 4.45. The monoisotopic (exact) mass is 328 g/mol. The number of hydrogen-bond acceptors (Lipinski definition) is 2. The van der Waals surface area contributed by atoms with Crippen molar-refractivity contribution in [3.05, 3.63) is 78.1 Å². The molecule has 2 rings (SSSR count). The van der Waals surface area contributed by atoms with Gasteiger partial charge in [0.1, 0.15) is 5.15 Å². The molecule has 0 unspecified atom stereocenters. The van der Waals surface area contributed by atoms with Crippen LogP contribution in [0.2, 0.25) is 5.15 Å². The molecule has 0 aliphatic rings. The summed E-state index contributed by atoms with van der Waals surface area (Å²) < 4.78 is 0. The first-order valence-corrected chi connectivity index (χ1v) is 8.05. The summed E-state index contributed by atoms with van der Waals surface area (Å²) in [6.07, 6.45) is 9.35. The third-order valence-electron chi connectivity index (χ3n) is 2.48. The van der Waals surface area contributed by atoms with E-state index in [1.54, 1.807) is 12.1 Å². The summed E-state index contributed by atoms with van der Waals surface area (Å²) in [7, 11) is 0. The lowest BCUT2D eigenvalue weighted by Crippen LogP contribution is -1.92. The van der Waals surface area contributed by atoms with E-state index in [9.17, 15) is 0 Å². The highest BCUT2D eigenvalue weighted by atomic mass is 35.5. The van der Waals surface area contributed by atoms with E-state index >= 15 is 0 Å². The van der Waals surface area contributed by atoms with Crippen molar-refractivity contribution in [2.45, 2.75) is 27.7 Å². The highest BCUT2D eigenvalue weighted by Crippen LogP contribution is 2.18. The van der Waals surface area contributed by atoms with Gasteiger partial charge in [-0.1, -0.05) is 86.7 Å². The Morgan fingerprint density at radius 1 is 1.00 bits per heavy atom. The SMILES string of the molecule is C/C=C\C.C=C/C=C/c1cc(Cl)nc(-c2ccccc2)n1.CC. The van der Waals surface area contributed by atoms with Crippen molar-refractivity contribution in [2.24, 2.45) is 0 Å². The Balaban J connectivity index is 0.000000705. The molecule has 1 aromatic heterocycles. The van der Waals surface area contributed by atoms with E-state index < -0.39 is 0 Å².